The lowest BCUT2D eigenvalue weighted by Gasteiger charge is -2.55. The highest BCUT2D eigenvalue weighted by atomic mass is 16.5. The summed E-state index contributed by atoms with van der Waals surface area (Å²) in [4.78, 5) is 6.90. The summed E-state index contributed by atoms with van der Waals surface area (Å²) < 4.78 is 12.9. The van der Waals surface area contributed by atoms with Gasteiger partial charge in [0.05, 0.1) is 17.8 Å². The van der Waals surface area contributed by atoms with Crippen molar-refractivity contribution < 1.29 is 9.47 Å². The van der Waals surface area contributed by atoms with Gasteiger partial charge in [0, 0.05) is 37.5 Å². The van der Waals surface area contributed by atoms with E-state index in [9.17, 15) is 0 Å². The fourth-order valence-corrected chi connectivity index (χ4v) is 9.04. The lowest BCUT2D eigenvalue weighted by molar-refractivity contribution is -0.140. The number of rotatable bonds is 5. The van der Waals surface area contributed by atoms with Crippen LogP contribution in [0.3, 0.4) is 0 Å². The van der Waals surface area contributed by atoms with Crippen LogP contribution in [0.25, 0.3) is 10.8 Å². The minimum atomic E-state index is -0.0867. The highest BCUT2D eigenvalue weighted by Gasteiger charge is 2.66. The number of benzene rings is 1. The molecule has 2 spiro atoms. The molecule has 1 saturated heterocycles. The number of aromatic nitrogens is 1. The van der Waals surface area contributed by atoms with Crippen molar-refractivity contribution in [2.24, 2.45) is 11.3 Å². The summed E-state index contributed by atoms with van der Waals surface area (Å²) in [6, 6.07) is 9.79. The third-order valence-corrected chi connectivity index (χ3v) is 11.0. The van der Waals surface area contributed by atoms with E-state index in [0.717, 1.165) is 26.0 Å². The van der Waals surface area contributed by atoms with E-state index in [-0.39, 0.29) is 16.6 Å². The van der Waals surface area contributed by atoms with Gasteiger partial charge in [-0.25, -0.2) is 0 Å². The van der Waals surface area contributed by atoms with Crippen LogP contribution in [0.5, 0.6) is 0 Å². The van der Waals surface area contributed by atoms with E-state index < -0.39 is 0 Å². The lowest BCUT2D eigenvalue weighted by atomic mass is 9.58. The summed E-state index contributed by atoms with van der Waals surface area (Å²) in [6.07, 6.45) is 18.7. The molecule has 4 nitrogen and oxygen atoms in total. The van der Waals surface area contributed by atoms with Crippen LogP contribution in [-0.2, 0) is 9.47 Å². The smallest absolute Gasteiger partial charge is 0.0974 e. The third kappa shape index (κ3) is 3.20. The van der Waals surface area contributed by atoms with Gasteiger partial charge < -0.3 is 14.4 Å². The number of nitrogens with zero attached hydrogens (tertiary/aromatic N) is 2. The van der Waals surface area contributed by atoms with Crippen LogP contribution in [0.1, 0.15) is 69.8 Å². The first-order valence-corrected chi connectivity index (χ1v) is 14.1. The molecule has 2 aliphatic heterocycles. The van der Waals surface area contributed by atoms with E-state index in [1.165, 1.54) is 60.4 Å². The number of hydrogen-bond donors (Lipinski definition) is 0. The summed E-state index contributed by atoms with van der Waals surface area (Å²) in [5.74, 6) is 1.16. The third-order valence-electron chi connectivity index (χ3n) is 11.0. The highest BCUT2D eigenvalue weighted by molar-refractivity contribution is 5.82. The number of pyridine rings is 1. The Morgan fingerprint density at radius 2 is 2.06 bits per heavy atom. The van der Waals surface area contributed by atoms with Gasteiger partial charge in [0.25, 0.3) is 0 Å². The second-order valence-corrected chi connectivity index (χ2v) is 12.6. The molecule has 7 rings (SSSR count). The first kappa shape index (κ1) is 23.1. The molecule has 0 radical (unpaired) electrons. The average Bonchev–Trinajstić information content (AvgIpc) is 3.41. The summed E-state index contributed by atoms with van der Waals surface area (Å²) in [7, 11) is 4.07. The number of hydrogen-bond acceptors (Lipinski definition) is 4. The topological polar surface area (TPSA) is 34.6 Å². The molecule has 190 valence electrons. The molecule has 4 heteroatoms. The van der Waals surface area contributed by atoms with Crippen molar-refractivity contribution in [3.63, 3.8) is 0 Å². The maximum absolute atomic E-state index is 7.49. The van der Waals surface area contributed by atoms with Crippen LogP contribution < -0.4 is 0 Å². The zero-order chi connectivity index (χ0) is 24.5. The maximum atomic E-state index is 7.49. The average molecular weight is 485 g/mol. The molecule has 5 aliphatic rings. The molecule has 3 aliphatic carbocycles. The predicted octanol–water partition coefficient (Wildman–Crippen LogP) is 6.42. The molecule has 2 saturated carbocycles. The van der Waals surface area contributed by atoms with E-state index in [1.54, 1.807) is 12.7 Å². The van der Waals surface area contributed by atoms with Crippen LogP contribution in [0.15, 0.2) is 60.0 Å². The minimum absolute atomic E-state index is 0.0491. The van der Waals surface area contributed by atoms with E-state index in [0.29, 0.717) is 17.9 Å². The van der Waals surface area contributed by atoms with Gasteiger partial charge in [-0.05, 0) is 110 Å². The van der Waals surface area contributed by atoms with Gasteiger partial charge in [-0.2, -0.15) is 0 Å². The first-order chi connectivity index (χ1) is 17.5. The second-order valence-electron chi connectivity index (χ2n) is 12.6. The number of fused-ring (bicyclic) bond motifs is 2. The normalized spacial score (nSPS) is 38.9. The van der Waals surface area contributed by atoms with Crippen molar-refractivity contribution in [1.29, 1.82) is 0 Å². The Hall–Kier alpha value is -2.01. The van der Waals surface area contributed by atoms with Crippen molar-refractivity contribution in [3.8, 4) is 0 Å². The number of methoxy groups -OCH3 is 1. The summed E-state index contributed by atoms with van der Waals surface area (Å²) in [5, 5.41) is 2.55. The molecule has 0 N–H and O–H groups in total. The standard InChI is InChI=1S/C32H40N2O2/c1-30-12-10-26-19-25-6-7-27(34(2)16-17-35-3)20-31(25)13-14-32(26,36-31)29(30)9-8-28(30)23-5-4-22-11-15-33-21-24(22)18-23/h4-5,10-11,15,18-19,21,27-29H,6-9,12-14,16-17,20H2,1-3H3/t27-,28-,29-,30-,31-,32-/m1/s1. The Bertz CT molecular complexity index is 1250. The van der Waals surface area contributed by atoms with Gasteiger partial charge in [0.15, 0.2) is 0 Å². The predicted molar refractivity (Wildman–Crippen MR) is 144 cm³/mol. The summed E-state index contributed by atoms with van der Waals surface area (Å²) in [6.45, 7) is 4.36. The Morgan fingerprint density at radius 3 is 2.94 bits per heavy atom. The van der Waals surface area contributed by atoms with Gasteiger partial charge in [0.1, 0.15) is 0 Å². The summed E-state index contributed by atoms with van der Waals surface area (Å²) in [5.41, 5.74) is 4.69. The molecule has 6 atom stereocenters. The molecule has 2 aromatic rings. The Labute approximate surface area is 215 Å². The van der Waals surface area contributed by atoms with Crippen molar-refractivity contribution in [2.45, 2.75) is 81.5 Å². The molecule has 36 heavy (non-hydrogen) atoms. The summed E-state index contributed by atoms with van der Waals surface area (Å²) >= 11 is 0. The first-order valence-electron chi connectivity index (χ1n) is 14.1. The van der Waals surface area contributed by atoms with Crippen LogP contribution in [-0.4, -0.2) is 54.4 Å². The monoisotopic (exact) mass is 484 g/mol. The van der Waals surface area contributed by atoms with Gasteiger partial charge in [-0.3, -0.25) is 4.98 Å². The number of likely N-dealkylation sites (N-methyl/N-ethyl adjacent to an activating group) is 1. The van der Waals surface area contributed by atoms with Crippen LogP contribution in [0, 0.1) is 11.3 Å². The van der Waals surface area contributed by atoms with Crippen molar-refractivity contribution in [2.75, 3.05) is 27.3 Å². The maximum Gasteiger partial charge on any atom is 0.0974 e. The van der Waals surface area contributed by atoms with E-state index >= 15 is 0 Å². The molecule has 1 aromatic carbocycles. The largest absolute Gasteiger partial charge is 0.383 e. The van der Waals surface area contributed by atoms with Crippen LogP contribution in [0.2, 0.25) is 0 Å². The van der Waals surface area contributed by atoms with Crippen LogP contribution in [0.4, 0.5) is 0 Å². The second kappa shape index (κ2) is 8.24. The Morgan fingerprint density at radius 1 is 1.14 bits per heavy atom. The molecule has 0 amide bonds. The number of ether oxygens (including phenoxy) is 2. The van der Waals surface area contributed by atoms with Crippen LogP contribution >= 0.6 is 0 Å². The van der Waals surface area contributed by atoms with E-state index in [4.69, 9.17) is 9.47 Å². The highest BCUT2D eigenvalue weighted by Crippen LogP contribution is 2.69. The van der Waals surface area contributed by atoms with Gasteiger partial charge in [0.2, 0.25) is 0 Å². The van der Waals surface area contributed by atoms with E-state index in [1.807, 2.05) is 12.4 Å². The van der Waals surface area contributed by atoms with E-state index in [2.05, 4.69) is 60.3 Å². The molecular weight excluding hydrogens is 444 g/mol. The molecular formula is C32H40N2O2. The molecule has 3 fully saturated rings. The number of allylic oxidation sites excluding steroid dienone is 1. The van der Waals surface area contributed by atoms with Gasteiger partial charge >= 0.3 is 0 Å². The zero-order valence-electron chi connectivity index (χ0n) is 22.1. The molecule has 1 aromatic heterocycles. The van der Waals surface area contributed by atoms with Gasteiger partial charge in [-0.1, -0.05) is 31.2 Å². The van der Waals surface area contributed by atoms with Crippen molar-refractivity contribution >= 4 is 10.8 Å². The zero-order valence-corrected chi connectivity index (χ0v) is 22.1. The Balaban J connectivity index is 1.21. The van der Waals surface area contributed by atoms with Crippen molar-refractivity contribution in [3.05, 3.63) is 65.5 Å². The molecule has 0 unspecified atom stereocenters. The SMILES string of the molecule is COCCN(C)[C@@H]1CCC2=CC3=CC[C@]4(C)[C@@H](c5ccc6ccncc6c5)CC[C@H]4[C@@]34CC[C@]2(C1)O4. The van der Waals surface area contributed by atoms with Crippen molar-refractivity contribution in [1.82, 2.24) is 9.88 Å². The Kier molecular flexibility index (Phi) is 5.30. The lowest BCUT2D eigenvalue weighted by Crippen LogP contribution is -2.55. The minimum Gasteiger partial charge on any atom is -0.383 e. The molecule has 3 heterocycles. The fourth-order valence-electron chi connectivity index (χ4n) is 9.04. The molecule has 2 bridgehead atoms. The fraction of sp³-hybridized carbons (Fsp3) is 0.594. The van der Waals surface area contributed by atoms with Gasteiger partial charge in [-0.15, -0.1) is 0 Å². The quantitative estimate of drug-likeness (QED) is 0.490.